The Labute approximate surface area is 80.0 Å². The number of carbonyl (C=O) groups is 1. The van der Waals surface area contributed by atoms with Crippen LogP contribution in [0.25, 0.3) is 5.65 Å². The molecule has 5 heteroatoms. The van der Waals surface area contributed by atoms with E-state index in [9.17, 15) is 4.79 Å². The van der Waals surface area contributed by atoms with Gasteiger partial charge in [0.2, 0.25) is 0 Å². The molecule has 0 aliphatic rings. The first-order valence-corrected chi connectivity index (χ1v) is 4.29. The molecule has 0 unspecified atom stereocenters. The zero-order valence-electron chi connectivity index (χ0n) is 7.64. The van der Waals surface area contributed by atoms with E-state index in [1.165, 1.54) is 6.07 Å². The molecule has 2 heterocycles. The number of hydrogen-bond acceptors (Lipinski definition) is 3. The van der Waals surface area contributed by atoms with Gasteiger partial charge in [0.15, 0.2) is 11.3 Å². The van der Waals surface area contributed by atoms with Gasteiger partial charge in [-0.25, -0.2) is 14.3 Å². The summed E-state index contributed by atoms with van der Waals surface area (Å²) >= 11 is 0. The van der Waals surface area contributed by atoms with Crippen molar-refractivity contribution < 1.29 is 9.90 Å². The van der Waals surface area contributed by atoms with Crippen LogP contribution in [-0.2, 0) is 6.42 Å². The maximum atomic E-state index is 10.7. The van der Waals surface area contributed by atoms with Crippen molar-refractivity contribution in [2.75, 3.05) is 0 Å². The van der Waals surface area contributed by atoms with Crippen LogP contribution < -0.4 is 0 Å². The van der Waals surface area contributed by atoms with Crippen molar-refractivity contribution in [3.63, 3.8) is 0 Å². The maximum absolute atomic E-state index is 10.7. The van der Waals surface area contributed by atoms with E-state index in [1.807, 2.05) is 6.92 Å². The lowest BCUT2D eigenvalue weighted by molar-refractivity contribution is 0.0690. The minimum atomic E-state index is -1.02. The molecule has 72 valence electrons. The molecule has 0 aliphatic carbocycles. The summed E-state index contributed by atoms with van der Waals surface area (Å²) in [5, 5.41) is 12.8. The fourth-order valence-electron chi connectivity index (χ4n) is 1.28. The zero-order valence-corrected chi connectivity index (χ0v) is 7.64. The number of hydrogen-bond donors (Lipinski definition) is 1. The van der Waals surface area contributed by atoms with Crippen molar-refractivity contribution in [2.45, 2.75) is 13.3 Å². The van der Waals surface area contributed by atoms with Crippen LogP contribution in [0, 0.1) is 0 Å². The van der Waals surface area contributed by atoms with Gasteiger partial charge in [-0.05, 0) is 12.5 Å². The van der Waals surface area contributed by atoms with Crippen molar-refractivity contribution in [2.24, 2.45) is 0 Å². The fraction of sp³-hybridized carbons (Fsp3) is 0.222. The molecule has 5 nitrogen and oxygen atoms in total. The molecule has 2 aromatic rings. The molecule has 1 N–H and O–H groups in total. The van der Waals surface area contributed by atoms with Crippen LogP contribution in [0.1, 0.15) is 23.0 Å². The van der Waals surface area contributed by atoms with Crippen LogP contribution in [-0.4, -0.2) is 25.7 Å². The van der Waals surface area contributed by atoms with E-state index in [0.29, 0.717) is 5.65 Å². The monoisotopic (exact) mass is 191 g/mol. The van der Waals surface area contributed by atoms with Gasteiger partial charge in [-0.3, -0.25) is 0 Å². The van der Waals surface area contributed by atoms with E-state index in [0.717, 1.165) is 12.0 Å². The molecule has 0 saturated carbocycles. The van der Waals surface area contributed by atoms with E-state index >= 15 is 0 Å². The molecule has 0 spiro atoms. The van der Waals surface area contributed by atoms with Crippen LogP contribution in [0.3, 0.4) is 0 Å². The highest BCUT2D eigenvalue weighted by molar-refractivity contribution is 5.85. The summed E-state index contributed by atoms with van der Waals surface area (Å²) in [6, 6.07) is 1.43. The van der Waals surface area contributed by atoms with Crippen molar-refractivity contribution in [3.8, 4) is 0 Å². The second kappa shape index (κ2) is 3.10. The maximum Gasteiger partial charge on any atom is 0.354 e. The first kappa shape index (κ1) is 8.68. The molecule has 0 aromatic carbocycles. The van der Waals surface area contributed by atoms with Crippen molar-refractivity contribution >= 4 is 11.6 Å². The van der Waals surface area contributed by atoms with E-state index in [2.05, 4.69) is 10.1 Å². The van der Waals surface area contributed by atoms with Gasteiger partial charge in [0.05, 0.1) is 6.20 Å². The summed E-state index contributed by atoms with van der Waals surface area (Å²) in [6.45, 7) is 1.98. The molecule has 0 fully saturated rings. The SMILES string of the molecule is CCc1cnn2ccc(C(=O)O)nc12. The summed E-state index contributed by atoms with van der Waals surface area (Å²) in [5.41, 5.74) is 1.62. The average Bonchev–Trinajstić information content (AvgIpc) is 2.59. The summed E-state index contributed by atoms with van der Waals surface area (Å²) in [5.74, 6) is -1.02. The minimum absolute atomic E-state index is 0.0488. The largest absolute Gasteiger partial charge is 0.477 e. The second-order valence-corrected chi connectivity index (χ2v) is 2.91. The number of aromatic nitrogens is 3. The number of aromatic carboxylic acids is 1. The van der Waals surface area contributed by atoms with E-state index in [1.54, 1.807) is 16.9 Å². The lowest BCUT2D eigenvalue weighted by Crippen LogP contribution is -2.02. The lowest BCUT2D eigenvalue weighted by Gasteiger charge is -1.96. The van der Waals surface area contributed by atoms with Gasteiger partial charge in [-0.2, -0.15) is 5.10 Å². The normalized spacial score (nSPS) is 10.6. The standard InChI is InChI=1S/C9H9N3O2/c1-2-6-5-10-12-4-3-7(9(13)14)11-8(6)12/h3-5H,2H2,1H3,(H,13,14). The molecule has 0 amide bonds. The molecular weight excluding hydrogens is 182 g/mol. The van der Waals surface area contributed by atoms with Crippen molar-refractivity contribution in [1.29, 1.82) is 0 Å². The predicted octanol–water partition coefficient (Wildman–Crippen LogP) is 0.990. The molecule has 0 saturated heterocycles. The van der Waals surface area contributed by atoms with Gasteiger partial charge in [0, 0.05) is 11.8 Å². The molecule has 14 heavy (non-hydrogen) atoms. The van der Waals surface area contributed by atoms with E-state index in [-0.39, 0.29) is 5.69 Å². The molecule has 0 bridgehead atoms. The lowest BCUT2D eigenvalue weighted by atomic mass is 10.2. The van der Waals surface area contributed by atoms with E-state index in [4.69, 9.17) is 5.11 Å². The molecule has 2 aromatic heterocycles. The summed E-state index contributed by atoms with van der Waals surface area (Å²) in [6.07, 6.45) is 4.10. The second-order valence-electron chi connectivity index (χ2n) is 2.91. The van der Waals surface area contributed by atoms with Gasteiger partial charge < -0.3 is 5.11 Å². The number of nitrogens with zero attached hydrogens (tertiary/aromatic N) is 3. The summed E-state index contributed by atoms with van der Waals surface area (Å²) in [4.78, 5) is 14.7. The third-order valence-electron chi connectivity index (χ3n) is 2.04. The number of rotatable bonds is 2. The quantitative estimate of drug-likeness (QED) is 0.768. The Morgan fingerprint density at radius 3 is 3.07 bits per heavy atom. The Morgan fingerprint density at radius 1 is 1.64 bits per heavy atom. The van der Waals surface area contributed by atoms with Crippen LogP contribution in [0.2, 0.25) is 0 Å². The molecule has 0 radical (unpaired) electrons. The van der Waals surface area contributed by atoms with Gasteiger partial charge in [0.25, 0.3) is 0 Å². The minimum Gasteiger partial charge on any atom is -0.477 e. The first-order chi connectivity index (χ1) is 6.72. The Morgan fingerprint density at radius 2 is 2.43 bits per heavy atom. The average molecular weight is 191 g/mol. The van der Waals surface area contributed by atoms with Crippen molar-refractivity contribution in [3.05, 3.63) is 29.7 Å². The predicted molar refractivity (Wildman–Crippen MR) is 49.3 cm³/mol. The first-order valence-electron chi connectivity index (χ1n) is 4.29. The Bertz CT molecular complexity index is 490. The number of aryl methyl sites for hydroxylation is 1. The van der Waals surface area contributed by atoms with Crippen LogP contribution in [0.5, 0.6) is 0 Å². The molecule has 2 rings (SSSR count). The van der Waals surface area contributed by atoms with Gasteiger partial charge >= 0.3 is 5.97 Å². The molecular formula is C9H9N3O2. The van der Waals surface area contributed by atoms with E-state index < -0.39 is 5.97 Å². The number of fused-ring (bicyclic) bond motifs is 1. The van der Waals surface area contributed by atoms with Gasteiger partial charge in [0.1, 0.15) is 0 Å². The van der Waals surface area contributed by atoms with Crippen LogP contribution in [0.15, 0.2) is 18.5 Å². The van der Waals surface area contributed by atoms with Gasteiger partial charge in [-0.1, -0.05) is 6.92 Å². The Balaban J connectivity index is 2.67. The highest BCUT2D eigenvalue weighted by atomic mass is 16.4. The molecule has 0 aliphatic heterocycles. The third kappa shape index (κ3) is 1.22. The summed E-state index contributed by atoms with van der Waals surface area (Å²) < 4.78 is 1.57. The number of carboxylic acids is 1. The number of carboxylic acid groups (broad SMARTS) is 1. The summed E-state index contributed by atoms with van der Waals surface area (Å²) in [7, 11) is 0. The van der Waals surface area contributed by atoms with Crippen molar-refractivity contribution in [1.82, 2.24) is 14.6 Å². The topological polar surface area (TPSA) is 67.5 Å². The highest BCUT2D eigenvalue weighted by Gasteiger charge is 2.08. The van der Waals surface area contributed by atoms with Crippen LogP contribution in [0.4, 0.5) is 0 Å². The Kier molecular flexibility index (Phi) is 1.92. The van der Waals surface area contributed by atoms with Gasteiger partial charge in [-0.15, -0.1) is 0 Å². The fourth-order valence-corrected chi connectivity index (χ4v) is 1.28. The molecule has 0 atom stereocenters. The van der Waals surface area contributed by atoms with Crippen LogP contribution >= 0.6 is 0 Å². The highest BCUT2D eigenvalue weighted by Crippen LogP contribution is 2.09. The smallest absolute Gasteiger partial charge is 0.354 e. The Hall–Kier alpha value is -1.91. The zero-order chi connectivity index (χ0) is 10.1. The third-order valence-corrected chi connectivity index (χ3v) is 2.04.